The van der Waals surface area contributed by atoms with Crippen LogP contribution in [-0.2, 0) is 19.5 Å². The Labute approximate surface area is 289 Å². The Morgan fingerprint density at radius 3 is 1.50 bits per heavy atom. The van der Waals surface area contributed by atoms with E-state index in [9.17, 15) is 24.3 Å². The van der Waals surface area contributed by atoms with E-state index in [4.69, 9.17) is 20.7 Å². The van der Waals surface area contributed by atoms with Gasteiger partial charge < -0.3 is 25.8 Å². The molecule has 1 aromatic carbocycles. The van der Waals surface area contributed by atoms with Crippen LogP contribution in [-0.4, -0.2) is 75.6 Å². The molecule has 0 aliphatic heterocycles. The summed E-state index contributed by atoms with van der Waals surface area (Å²) in [6.07, 6.45) is 5.87. The Balaban J connectivity index is 0.000000328. The topological polar surface area (TPSA) is 235 Å². The van der Waals surface area contributed by atoms with Gasteiger partial charge in [0.25, 0.3) is 0 Å². The first-order valence-corrected chi connectivity index (χ1v) is 13.4. The van der Waals surface area contributed by atoms with Crippen LogP contribution in [0.25, 0.3) is 28.2 Å². The first-order valence-electron chi connectivity index (χ1n) is 13.0. The van der Waals surface area contributed by atoms with Crippen molar-refractivity contribution in [2.45, 2.75) is 0 Å². The maximum Gasteiger partial charge on any atom is 1.00 e. The molecule has 4 heterocycles. The molecule has 0 aliphatic carbocycles. The number of carbonyl (C=O) groups is 4. The van der Waals surface area contributed by atoms with Crippen LogP contribution in [0.5, 0.6) is 0 Å². The van der Waals surface area contributed by atoms with Crippen molar-refractivity contribution in [3.05, 3.63) is 131 Å². The maximum absolute atomic E-state index is 11.5. The molecule has 0 aliphatic rings. The van der Waals surface area contributed by atoms with Gasteiger partial charge in [0.1, 0.15) is 0 Å². The van der Waals surface area contributed by atoms with Crippen LogP contribution in [0.2, 0.25) is 0 Å². The number of hydrogen-bond donors (Lipinski definition) is 4. The van der Waals surface area contributed by atoms with Crippen LogP contribution in [0.4, 0.5) is 5.69 Å². The minimum atomic E-state index is -1.23. The minimum absolute atomic E-state index is 0. The van der Waals surface area contributed by atoms with Gasteiger partial charge in [0.05, 0.1) is 62.6 Å². The summed E-state index contributed by atoms with van der Waals surface area (Å²) in [5.41, 5.74) is 2.08. The molecule has 5 aromatic rings. The third-order valence-electron chi connectivity index (χ3n) is 5.76. The maximum atomic E-state index is 11.5. The van der Waals surface area contributed by atoms with Crippen molar-refractivity contribution in [1.29, 1.82) is 0 Å². The SMILES string of the molecule is O=C(O)c1ccc(N=Cc2ccccn2)cc1.O=C(O)c1ccnc(-c2cc(C(=O)O)cc(-c3cc(C(=O)O)ccn3)n2)c1.[N-]=C=S.[Ru+]. The largest absolute Gasteiger partial charge is 1.00 e. The molecule has 0 spiro atoms. The third-order valence-corrected chi connectivity index (χ3v) is 5.76. The second-order valence-electron chi connectivity index (χ2n) is 8.86. The number of carboxylic acids is 4. The summed E-state index contributed by atoms with van der Waals surface area (Å²) in [6.45, 7) is 0. The van der Waals surface area contributed by atoms with E-state index >= 15 is 0 Å². The van der Waals surface area contributed by atoms with E-state index in [1.165, 1.54) is 66.1 Å². The number of aromatic nitrogens is 4. The van der Waals surface area contributed by atoms with Gasteiger partial charge in [0.2, 0.25) is 0 Å². The Hall–Kier alpha value is -6.21. The third kappa shape index (κ3) is 11.3. The molecule has 0 saturated carbocycles. The van der Waals surface area contributed by atoms with Crippen LogP contribution in [0.1, 0.15) is 47.1 Å². The zero-order valence-electron chi connectivity index (χ0n) is 24.2. The van der Waals surface area contributed by atoms with E-state index in [0.29, 0.717) is 5.69 Å². The number of benzene rings is 1. The fraction of sp³-hybridized carbons (Fsp3) is 0. The number of thiocarbonyl (C=S) groups is 1. The van der Waals surface area contributed by atoms with Gasteiger partial charge in [0.15, 0.2) is 0 Å². The summed E-state index contributed by atoms with van der Waals surface area (Å²) in [4.78, 5) is 65.0. The molecule has 16 heteroatoms. The van der Waals surface area contributed by atoms with Crippen molar-refractivity contribution >= 4 is 53.2 Å². The smallest absolute Gasteiger partial charge is 0.753 e. The monoisotopic (exact) mass is 751 g/mol. The van der Waals surface area contributed by atoms with Crippen molar-refractivity contribution < 1.29 is 59.1 Å². The van der Waals surface area contributed by atoms with Gasteiger partial charge in [-0.25, -0.2) is 24.2 Å². The van der Waals surface area contributed by atoms with Crippen LogP contribution in [0.15, 0.2) is 102 Å². The molecule has 0 saturated heterocycles. The van der Waals surface area contributed by atoms with Crippen molar-refractivity contribution in [3.63, 3.8) is 0 Å². The Morgan fingerprint density at radius 2 is 1.08 bits per heavy atom. The summed E-state index contributed by atoms with van der Waals surface area (Å²) >= 11 is 3.70. The van der Waals surface area contributed by atoms with Gasteiger partial charge in [-0.3, -0.25) is 19.9 Å². The van der Waals surface area contributed by atoms with Crippen LogP contribution >= 0.6 is 12.2 Å². The number of nitrogens with zero attached hydrogens (tertiary/aromatic N) is 6. The minimum Gasteiger partial charge on any atom is -0.753 e. The number of pyridine rings is 4. The fourth-order valence-electron chi connectivity index (χ4n) is 3.61. The molecule has 4 aromatic heterocycles. The number of hydrogen-bond acceptors (Lipinski definition) is 10. The van der Waals surface area contributed by atoms with Gasteiger partial charge in [0, 0.05) is 18.6 Å². The summed E-state index contributed by atoms with van der Waals surface area (Å²) in [7, 11) is 0. The van der Waals surface area contributed by atoms with E-state index in [1.807, 2.05) is 18.2 Å². The molecule has 0 atom stereocenters. The Morgan fingerprint density at radius 1 is 0.625 bits per heavy atom. The molecule has 0 fully saturated rings. The van der Waals surface area contributed by atoms with Gasteiger partial charge in [-0.2, -0.15) is 5.16 Å². The zero-order chi connectivity index (χ0) is 34.3. The number of rotatable bonds is 8. The summed E-state index contributed by atoms with van der Waals surface area (Å²) in [5.74, 6) is -4.50. The quantitative estimate of drug-likeness (QED) is 0.0874. The van der Waals surface area contributed by atoms with Crippen molar-refractivity contribution in [1.82, 2.24) is 19.9 Å². The molecular weight excluding hydrogens is 730 g/mol. The van der Waals surface area contributed by atoms with Crippen LogP contribution < -0.4 is 0 Å². The Kier molecular flexibility index (Phi) is 14.8. The summed E-state index contributed by atoms with van der Waals surface area (Å²) in [5, 5.41) is 44.8. The molecule has 48 heavy (non-hydrogen) atoms. The van der Waals surface area contributed by atoms with Crippen LogP contribution in [0, 0.1) is 0 Å². The zero-order valence-corrected chi connectivity index (χ0v) is 26.7. The van der Waals surface area contributed by atoms with E-state index in [0.717, 1.165) is 5.69 Å². The van der Waals surface area contributed by atoms with Crippen LogP contribution in [0.3, 0.4) is 0 Å². The van der Waals surface area contributed by atoms with Crippen molar-refractivity contribution in [3.8, 4) is 22.8 Å². The van der Waals surface area contributed by atoms with E-state index in [1.54, 1.807) is 24.5 Å². The first-order chi connectivity index (χ1) is 22.5. The second-order valence-corrected chi connectivity index (χ2v) is 9.04. The van der Waals surface area contributed by atoms with Gasteiger partial charge in [-0.05, 0) is 72.8 Å². The first kappa shape index (κ1) is 38.0. The normalized spacial score (nSPS) is 9.75. The number of aromatic carboxylic acids is 4. The molecular formula is C32H21N6O8RuS. The second kappa shape index (κ2) is 18.7. The summed E-state index contributed by atoms with van der Waals surface area (Å²) < 4.78 is 0. The Bertz CT molecular complexity index is 1910. The van der Waals surface area contributed by atoms with E-state index in [2.05, 4.69) is 37.1 Å². The predicted octanol–water partition coefficient (Wildman–Crippen LogP) is 5.49. The number of aliphatic imine (C=N–C) groups is 1. The molecule has 5 rings (SSSR count). The molecule has 4 N–H and O–H groups in total. The van der Waals surface area contributed by atoms with Gasteiger partial charge >= 0.3 is 43.4 Å². The van der Waals surface area contributed by atoms with E-state index in [-0.39, 0.29) is 64.5 Å². The molecule has 14 nitrogen and oxygen atoms in total. The number of isothiocyanates is 1. The fourth-order valence-corrected chi connectivity index (χ4v) is 3.61. The predicted molar refractivity (Wildman–Crippen MR) is 172 cm³/mol. The number of carboxylic acid groups (broad SMARTS) is 4. The standard InChI is InChI=1S/C18H11N3O6.C13H10N2O2.CNS.Ru/c22-16(23)9-1-3-19-12(5-9)14-7-11(18(26)27)8-15(21-14)13-6-10(17(24)25)2-4-20-13;16-13(17)10-4-6-11(7-5-10)15-9-12-3-1-2-8-14-12;2-1-3;/h1-8H,(H,22,23)(H,24,25)(H,26,27);1-9H,(H,16,17);;/q;;-1;+1. The van der Waals surface area contributed by atoms with Gasteiger partial charge in [-0.15, -0.1) is 0 Å². The average Bonchev–Trinajstić information content (AvgIpc) is 3.08. The molecule has 241 valence electrons. The summed E-state index contributed by atoms with van der Waals surface area (Å²) in [6, 6.07) is 19.5. The molecule has 0 unspecified atom stereocenters. The van der Waals surface area contributed by atoms with Crippen molar-refractivity contribution in [2.75, 3.05) is 0 Å². The van der Waals surface area contributed by atoms with Crippen molar-refractivity contribution in [2.24, 2.45) is 4.99 Å². The molecule has 0 bridgehead atoms. The van der Waals surface area contributed by atoms with E-state index < -0.39 is 23.9 Å². The molecule has 1 radical (unpaired) electrons. The molecule has 0 amide bonds. The average molecular weight is 751 g/mol. The van der Waals surface area contributed by atoms with Gasteiger partial charge in [-0.1, -0.05) is 18.3 Å².